The topological polar surface area (TPSA) is 86.8 Å². The van der Waals surface area contributed by atoms with E-state index < -0.39 is 27.8 Å². The average molecular weight is 618 g/mol. The van der Waals surface area contributed by atoms with Gasteiger partial charge in [0.05, 0.1) is 17.5 Å². The SMILES string of the molecule is CCCNC(=O)[C@@H](Cc1ccccc1)N(Cc1ccccc1C)C(=O)CCCN(c1cccc(C(F)(F)F)c1)S(C)(=O)=O. The van der Waals surface area contributed by atoms with E-state index >= 15 is 0 Å². The van der Waals surface area contributed by atoms with E-state index in [1.54, 1.807) is 0 Å². The summed E-state index contributed by atoms with van der Waals surface area (Å²) in [5, 5.41) is 2.91. The number of nitrogens with zero attached hydrogens (tertiary/aromatic N) is 2. The van der Waals surface area contributed by atoms with Gasteiger partial charge < -0.3 is 10.2 Å². The zero-order valence-electron chi connectivity index (χ0n) is 24.6. The number of aryl methyl sites for hydroxylation is 1. The maximum atomic E-state index is 13.9. The Labute approximate surface area is 251 Å². The fourth-order valence-electron chi connectivity index (χ4n) is 4.73. The predicted octanol–water partition coefficient (Wildman–Crippen LogP) is 5.73. The van der Waals surface area contributed by atoms with Gasteiger partial charge in [-0.25, -0.2) is 8.42 Å². The fourth-order valence-corrected chi connectivity index (χ4v) is 5.69. The first-order chi connectivity index (χ1) is 20.3. The van der Waals surface area contributed by atoms with Gasteiger partial charge in [0.15, 0.2) is 0 Å². The van der Waals surface area contributed by atoms with Crippen LogP contribution in [0.5, 0.6) is 0 Å². The molecule has 0 aliphatic heterocycles. The van der Waals surface area contributed by atoms with Gasteiger partial charge in [0.2, 0.25) is 21.8 Å². The number of hydrogen-bond acceptors (Lipinski definition) is 4. The molecule has 0 saturated heterocycles. The van der Waals surface area contributed by atoms with Crippen LogP contribution in [0.25, 0.3) is 0 Å². The summed E-state index contributed by atoms with van der Waals surface area (Å²) >= 11 is 0. The van der Waals surface area contributed by atoms with Crippen molar-refractivity contribution in [2.45, 2.75) is 58.3 Å². The van der Waals surface area contributed by atoms with E-state index in [-0.39, 0.29) is 49.9 Å². The molecule has 1 atom stereocenters. The van der Waals surface area contributed by atoms with Gasteiger partial charge in [0.1, 0.15) is 6.04 Å². The van der Waals surface area contributed by atoms with Crippen LogP contribution in [0.15, 0.2) is 78.9 Å². The van der Waals surface area contributed by atoms with Gasteiger partial charge in [-0.1, -0.05) is 67.6 Å². The smallest absolute Gasteiger partial charge is 0.354 e. The number of alkyl halides is 3. The third-order valence-electron chi connectivity index (χ3n) is 7.04. The van der Waals surface area contributed by atoms with Crippen molar-refractivity contribution in [1.29, 1.82) is 0 Å². The molecule has 43 heavy (non-hydrogen) atoms. The molecule has 3 rings (SSSR count). The van der Waals surface area contributed by atoms with Gasteiger partial charge in [-0.2, -0.15) is 13.2 Å². The number of hydrogen-bond donors (Lipinski definition) is 1. The molecule has 2 amide bonds. The molecular formula is C32H38F3N3O4S. The highest BCUT2D eigenvalue weighted by Crippen LogP contribution is 2.32. The van der Waals surface area contributed by atoms with E-state index in [1.165, 1.54) is 11.0 Å². The molecule has 7 nitrogen and oxygen atoms in total. The highest BCUT2D eigenvalue weighted by atomic mass is 32.2. The van der Waals surface area contributed by atoms with Gasteiger partial charge in [0.25, 0.3) is 0 Å². The van der Waals surface area contributed by atoms with Gasteiger partial charge >= 0.3 is 6.18 Å². The largest absolute Gasteiger partial charge is 0.416 e. The predicted molar refractivity (Wildman–Crippen MR) is 162 cm³/mol. The van der Waals surface area contributed by atoms with Crippen LogP contribution in [0.4, 0.5) is 18.9 Å². The van der Waals surface area contributed by atoms with Crippen molar-refractivity contribution in [3.05, 3.63) is 101 Å². The van der Waals surface area contributed by atoms with Crippen molar-refractivity contribution in [3.63, 3.8) is 0 Å². The summed E-state index contributed by atoms with van der Waals surface area (Å²) in [5.41, 5.74) is 1.57. The molecule has 1 N–H and O–H groups in total. The summed E-state index contributed by atoms with van der Waals surface area (Å²) < 4.78 is 65.9. The Morgan fingerprint density at radius 1 is 0.953 bits per heavy atom. The molecule has 0 saturated carbocycles. The maximum Gasteiger partial charge on any atom is 0.416 e. The van der Waals surface area contributed by atoms with E-state index in [0.29, 0.717) is 13.0 Å². The molecule has 0 spiro atoms. The fraction of sp³-hybridized carbons (Fsp3) is 0.375. The zero-order chi connectivity index (χ0) is 31.6. The first-order valence-corrected chi connectivity index (χ1v) is 16.0. The van der Waals surface area contributed by atoms with Crippen molar-refractivity contribution >= 4 is 27.5 Å². The summed E-state index contributed by atoms with van der Waals surface area (Å²) in [6, 6.07) is 20.1. The standard InChI is InChI=1S/C32H38F3N3O4S/c1-4-19-36-31(40)29(21-25-13-6-5-7-14-25)37(23-26-15-9-8-12-24(26)2)30(39)18-11-20-38(43(3,41)42)28-17-10-16-27(22-28)32(33,34)35/h5-10,12-17,22,29H,4,11,18-21,23H2,1-3H3,(H,36,40)/t29-/m1/s1. The first-order valence-electron chi connectivity index (χ1n) is 14.1. The Balaban J connectivity index is 1.89. The molecule has 0 bridgehead atoms. The molecule has 11 heteroatoms. The highest BCUT2D eigenvalue weighted by molar-refractivity contribution is 7.92. The summed E-state index contributed by atoms with van der Waals surface area (Å²) in [6.07, 6.45) is -2.84. The number of amides is 2. The van der Waals surface area contributed by atoms with Gasteiger partial charge in [-0.3, -0.25) is 13.9 Å². The monoisotopic (exact) mass is 617 g/mol. The number of anilines is 1. The number of carbonyl (C=O) groups is 2. The number of sulfonamides is 1. The van der Waals surface area contributed by atoms with Crippen molar-refractivity contribution in [2.24, 2.45) is 0 Å². The van der Waals surface area contributed by atoms with Crippen LogP contribution < -0.4 is 9.62 Å². The van der Waals surface area contributed by atoms with Crippen LogP contribution >= 0.6 is 0 Å². The number of rotatable bonds is 14. The molecule has 0 radical (unpaired) electrons. The number of carbonyl (C=O) groups excluding carboxylic acids is 2. The third-order valence-corrected chi connectivity index (χ3v) is 8.23. The Morgan fingerprint density at radius 2 is 1.63 bits per heavy atom. The van der Waals surface area contributed by atoms with Crippen molar-refractivity contribution < 1.29 is 31.2 Å². The van der Waals surface area contributed by atoms with Crippen molar-refractivity contribution in [1.82, 2.24) is 10.2 Å². The van der Waals surface area contributed by atoms with Crippen molar-refractivity contribution in [3.8, 4) is 0 Å². The quantitative estimate of drug-likeness (QED) is 0.251. The second-order valence-corrected chi connectivity index (χ2v) is 12.3. The lowest BCUT2D eigenvalue weighted by Gasteiger charge is -2.32. The lowest BCUT2D eigenvalue weighted by Crippen LogP contribution is -2.50. The van der Waals surface area contributed by atoms with E-state index in [9.17, 15) is 31.2 Å². The second kappa shape index (κ2) is 15.0. The van der Waals surface area contributed by atoms with Crippen LogP contribution in [0.1, 0.15) is 48.4 Å². The summed E-state index contributed by atoms with van der Waals surface area (Å²) in [4.78, 5) is 28.8. The lowest BCUT2D eigenvalue weighted by molar-refractivity contribution is -0.141. The Bertz CT molecular complexity index is 1480. The molecule has 0 fully saturated rings. The van der Waals surface area contributed by atoms with Crippen LogP contribution in [0, 0.1) is 6.92 Å². The molecule has 0 aliphatic rings. The van der Waals surface area contributed by atoms with E-state index in [2.05, 4.69) is 5.32 Å². The summed E-state index contributed by atoms with van der Waals surface area (Å²) in [6.45, 7) is 4.24. The van der Waals surface area contributed by atoms with Crippen LogP contribution in [0.2, 0.25) is 0 Å². The maximum absolute atomic E-state index is 13.9. The van der Waals surface area contributed by atoms with E-state index in [1.807, 2.05) is 68.4 Å². The minimum absolute atomic E-state index is 0.0288. The number of halogens is 3. The Morgan fingerprint density at radius 3 is 2.26 bits per heavy atom. The van der Waals surface area contributed by atoms with E-state index in [4.69, 9.17) is 0 Å². The minimum atomic E-state index is -4.64. The second-order valence-electron chi connectivity index (χ2n) is 10.4. The van der Waals surface area contributed by atoms with Gasteiger partial charge in [-0.15, -0.1) is 0 Å². The van der Waals surface area contributed by atoms with E-state index in [0.717, 1.165) is 45.5 Å². The molecular weight excluding hydrogens is 579 g/mol. The molecule has 0 aliphatic carbocycles. The summed E-state index contributed by atoms with van der Waals surface area (Å²) in [7, 11) is -3.96. The molecule has 232 valence electrons. The van der Waals surface area contributed by atoms with Crippen LogP contribution in [-0.2, 0) is 38.8 Å². The van der Waals surface area contributed by atoms with Crippen LogP contribution in [0.3, 0.4) is 0 Å². The molecule has 3 aromatic carbocycles. The van der Waals surface area contributed by atoms with Gasteiger partial charge in [-0.05, 0) is 54.7 Å². The summed E-state index contributed by atoms with van der Waals surface area (Å²) in [5.74, 6) is -0.664. The minimum Gasteiger partial charge on any atom is -0.354 e. The third kappa shape index (κ3) is 9.84. The normalized spacial score (nSPS) is 12.4. The van der Waals surface area contributed by atoms with Gasteiger partial charge in [0, 0.05) is 32.5 Å². The molecule has 3 aromatic rings. The molecule has 0 aromatic heterocycles. The first kappa shape index (κ1) is 33.6. The average Bonchev–Trinajstić information content (AvgIpc) is 2.96. The highest BCUT2D eigenvalue weighted by Gasteiger charge is 2.33. The molecule has 0 unspecified atom stereocenters. The Kier molecular flexibility index (Phi) is 11.8. The molecule has 0 heterocycles. The number of nitrogens with one attached hydrogen (secondary N) is 1. The number of benzene rings is 3. The zero-order valence-corrected chi connectivity index (χ0v) is 25.4. The van der Waals surface area contributed by atoms with Crippen molar-refractivity contribution in [2.75, 3.05) is 23.7 Å². The van der Waals surface area contributed by atoms with Crippen LogP contribution in [-0.4, -0.2) is 50.5 Å². The Hall–Kier alpha value is -3.86. The lowest BCUT2D eigenvalue weighted by atomic mass is 10.0.